The highest BCUT2D eigenvalue weighted by Gasteiger charge is 2.13. The van der Waals surface area contributed by atoms with Crippen LogP contribution in [0.2, 0.25) is 0 Å². The Labute approximate surface area is 130 Å². The number of benzene rings is 1. The van der Waals surface area contributed by atoms with Crippen LogP contribution in [0.3, 0.4) is 0 Å². The molecule has 0 saturated heterocycles. The van der Waals surface area contributed by atoms with Crippen molar-refractivity contribution in [3.8, 4) is 0 Å². The summed E-state index contributed by atoms with van der Waals surface area (Å²) in [4.78, 5) is 14.3. The molecule has 0 aliphatic heterocycles. The number of rotatable bonds is 5. The third-order valence-electron chi connectivity index (χ3n) is 3.02. The van der Waals surface area contributed by atoms with Crippen LogP contribution < -0.4 is 10.6 Å². The molecule has 6 heteroatoms. The number of aromatic carboxylic acids is 1. The minimum absolute atomic E-state index is 0.208. The number of carboxylic acids is 1. The Morgan fingerprint density at radius 1 is 1.45 bits per heavy atom. The van der Waals surface area contributed by atoms with Crippen molar-refractivity contribution in [3.05, 3.63) is 44.6 Å². The molecule has 0 bridgehead atoms. The van der Waals surface area contributed by atoms with E-state index < -0.39 is 5.97 Å². The van der Waals surface area contributed by atoms with E-state index in [9.17, 15) is 4.79 Å². The first-order valence-electron chi connectivity index (χ1n) is 6.12. The molecule has 106 valence electrons. The van der Waals surface area contributed by atoms with E-state index >= 15 is 0 Å². The molecule has 0 spiro atoms. The van der Waals surface area contributed by atoms with Crippen LogP contribution in [0.4, 0.5) is 11.4 Å². The molecule has 1 aromatic heterocycles. The van der Waals surface area contributed by atoms with Gasteiger partial charge in [0.15, 0.2) is 0 Å². The fourth-order valence-electron chi connectivity index (χ4n) is 1.95. The molecule has 1 aromatic carbocycles. The van der Waals surface area contributed by atoms with Gasteiger partial charge in [0, 0.05) is 15.9 Å². The Morgan fingerprint density at radius 3 is 2.70 bits per heavy atom. The van der Waals surface area contributed by atoms with E-state index in [1.165, 1.54) is 10.9 Å². The zero-order valence-electron chi connectivity index (χ0n) is 11.0. The van der Waals surface area contributed by atoms with Gasteiger partial charge in [0.2, 0.25) is 0 Å². The molecule has 0 aliphatic carbocycles. The lowest BCUT2D eigenvalue weighted by atomic mass is 10.1. The number of carboxylic acid groups (broad SMARTS) is 1. The summed E-state index contributed by atoms with van der Waals surface area (Å²) in [7, 11) is 0. The highest BCUT2D eigenvalue weighted by atomic mass is 79.9. The van der Waals surface area contributed by atoms with E-state index in [1.54, 1.807) is 23.5 Å². The highest BCUT2D eigenvalue weighted by Crippen LogP contribution is 2.29. The van der Waals surface area contributed by atoms with Crippen LogP contribution in [-0.4, -0.2) is 17.6 Å². The molecule has 0 saturated carbocycles. The molecular weight excluding hydrogens is 340 g/mol. The maximum absolute atomic E-state index is 10.9. The van der Waals surface area contributed by atoms with Crippen molar-refractivity contribution < 1.29 is 9.90 Å². The zero-order valence-corrected chi connectivity index (χ0v) is 13.4. The number of carbonyl (C=O) groups is 1. The SMILES string of the molecule is CCN(Cc1sccc1Br)c1ccc(C(=O)O)cc1N. The maximum atomic E-state index is 10.9. The summed E-state index contributed by atoms with van der Waals surface area (Å²) >= 11 is 5.20. The highest BCUT2D eigenvalue weighted by molar-refractivity contribution is 9.10. The molecule has 0 amide bonds. The predicted octanol–water partition coefficient (Wildman–Crippen LogP) is 3.82. The van der Waals surface area contributed by atoms with E-state index in [0.717, 1.165) is 23.2 Å². The monoisotopic (exact) mass is 354 g/mol. The molecular formula is C14H15BrN2O2S. The van der Waals surface area contributed by atoms with Gasteiger partial charge in [-0.15, -0.1) is 11.3 Å². The summed E-state index contributed by atoms with van der Waals surface area (Å²) in [6.07, 6.45) is 0. The molecule has 0 radical (unpaired) electrons. The first-order valence-corrected chi connectivity index (χ1v) is 7.79. The first kappa shape index (κ1) is 14.9. The largest absolute Gasteiger partial charge is 0.478 e. The number of halogens is 1. The lowest BCUT2D eigenvalue weighted by Gasteiger charge is -2.24. The van der Waals surface area contributed by atoms with Gasteiger partial charge >= 0.3 is 5.97 Å². The van der Waals surface area contributed by atoms with Crippen LogP contribution in [0.1, 0.15) is 22.2 Å². The third kappa shape index (κ3) is 3.13. The second-order valence-electron chi connectivity index (χ2n) is 4.28. The number of hydrogen-bond acceptors (Lipinski definition) is 4. The Bertz CT molecular complexity index is 627. The number of anilines is 2. The summed E-state index contributed by atoms with van der Waals surface area (Å²) in [6.45, 7) is 3.58. The van der Waals surface area contributed by atoms with Gasteiger partial charge in [-0.25, -0.2) is 4.79 Å². The molecule has 0 aliphatic rings. The van der Waals surface area contributed by atoms with Crippen molar-refractivity contribution in [1.29, 1.82) is 0 Å². The van der Waals surface area contributed by atoms with Crippen molar-refractivity contribution in [2.24, 2.45) is 0 Å². The molecule has 3 N–H and O–H groups in total. The fraction of sp³-hybridized carbons (Fsp3) is 0.214. The summed E-state index contributed by atoms with van der Waals surface area (Å²) in [5.74, 6) is -0.965. The molecule has 2 rings (SSSR count). The average Bonchev–Trinajstić information content (AvgIpc) is 2.81. The van der Waals surface area contributed by atoms with Gasteiger partial charge in [-0.3, -0.25) is 0 Å². The smallest absolute Gasteiger partial charge is 0.335 e. The topological polar surface area (TPSA) is 66.6 Å². The number of nitrogen functional groups attached to an aromatic ring is 1. The Morgan fingerprint density at radius 2 is 2.20 bits per heavy atom. The fourth-order valence-corrected chi connectivity index (χ4v) is 3.45. The van der Waals surface area contributed by atoms with Gasteiger partial charge in [0.05, 0.1) is 23.5 Å². The quantitative estimate of drug-likeness (QED) is 0.801. The number of nitrogens with two attached hydrogens (primary N) is 1. The van der Waals surface area contributed by atoms with Crippen molar-refractivity contribution in [2.45, 2.75) is 13.5 Å². The van der Waals surface area contributed by atoms with Crippen LogP contribution in [0.15, 0.2) is 34.1 Å². The Hall–Kier alpha value is -1.53. The van der Waals surface area contributed by atoms with E-state index in [0.29, 0.717) is 5.69 Å². The summed E-state index contributed by atoms with van der Waals surface area (Å²) < 4.78 is 1.08. The summed E-state index contributed by atoms with van der Waals surface area (Å²) in [5, 5.41) is 11.0. The van der Waals surface area contributed by atoms with Gasteiger partial charge in [-0.05, 0) is 52.5 Å². The van der Waals surface area contributed by atoms with Crippen LogP contribution in [0.5, 0.6) is 0 Å². The van der Waals surface area contributed by atoms with Crippen molar-refractivity contribution in [3.63, 3.8) is 0 Å². The molecule has 0 atom stereocenters. The third-order valence-corrected chi connectivity index (χ3v) is 4.93. The predicted molar refractivity (Wildman–Crippen MR) is 86.6 cm³/mol. The van der Waals surface area contributed by atoms with E-state index in [2.05, 4.69) is 20.8 Å². The van der Waals surface area contributed by atoms with Crippen molar-refractivity contribution in [1.82, 2.24) is 0 Å². The molecule has 20 heavy (non-hydrogen) atoms. The van der Waals surface area contributed by atoms with Crippen LogP contribution in [0.25, 0.3) is 0 Å². The second-order valence-corrected chi connectivity index (χ2v) is 6.14. The van der Waals surface area contributed by atoms with Gasteiger partial charge in [-0.1, -0.05) is 0 Å². The lowest BCUT2D eigenvalue weighted by Crippen LogP contribution is -2.23. The maximum Gasteiger partial charge on any atom is 0.335 e. The minimum atomic E-state index is -0.965. The van der Waals surface area contributed by atoms with E-state index in [1.807, 2.05) is 18.4 Å². The zero-order chi connectivity index (χ0) is 14.7. The van der Waals surface area contributed by atoms with E-state index in [-0.39, 0.29) is 5.56 Å². The van der Waals surface area contributed by atoms with Crippen LogP contribution in [-0.2, 0) is 6.54 Å². The Kier molecular flexibility index (Phi) is 4.67. The summed E-state index contributed by atoms with van der Waals surface area (Å²) in [6, 6.07) is 6.87. The second kappa shape index (κ2) is 6.28. The van der Waals surface area contributed by atoms with Gasteiger partial charge < -0.3 is 15.7 Å². The molecule has 4 nitrogen and oxygen atoms in total. The standard InChI is InChI=1S/C14H15BrN2O2S/c1-2-17(8-13-10(15)5-6-20-13)12-4-3-9(14(18)19)7-11(12)16/h3-7H,2,8,16H2,1H3,(H,18,19). The minimum Gasteiger partial charge on any atom is -0.478 e. The molecule has 0 fully saturated rings. The Balaban J connectivity index is 2.28. The first-order chi connectivity index (χ1) is 9.52. The van der Waals surface area contributed by atoms with Crippen LogP contribution >= 0.6 is 27.3 Å². The molecule has 2 aromatic rings. The van der Waals surface area contributed by atoms with Crippen molar-refractivity contribution >= 4 is 44.6 Å². The van der Waals surface area contributed by atoms with Gasteiger partial charge in [0.1, 0.15) is 0 Å². The number of thiophene rings is 1. The molecule has 0 unspecified atom stereocenters. The molecule has 1 heterocycles. The summed E-state index contributed by atoms with van der Waals surface area (Å²) in [5.41, 5.74) is 7.54. The van der Waals surface area contributed by atoms with Crippen molar-refractivity contribution in [2.75, 3.05) is 17.2 Å². The normalized spacial score (nSPS) is 10.5. The lowest BCUT2D eigenvalue weighted by molar-refractivity contribution is 0.0697. The van der Waals surface area contributed by atoms with Gasteiger partial charge in [0.25, 0.3) is 0 Å². The van der Waals surface area contributed by atoms with E-state index in [4.69, 9.17) is 10.8 Å². The van der Waals surface area contributed by atoms with Gasteiger partial charge in [-0.2, -0.15) is 0 Å². The number of nitrogens with zero attached hydrogens (tertiary/aromatic N) is 1. The average molecular weight is 355 g/mol. The number of hydrogen-bond donors (Lipinski definition) is 2. The van der Waals surface area contributed by atoms with Crippen LogP contribution in [0, 0.1) is 0 Å².